The average Bonchev–Trinajstić information content (AvgIpc) is 3.69. The Morgan fingerprint density at radius 3 is 2.34 bits per heavy atom. The number of hydrogen-bond acceptors (Lipinski definition) is 12. The van der Waals surface area contributed by atoms with E-state index >= 15 is 0 Å². The second-order valence-electron chi connectivity index (χ2n) is 16.7. The number of hydrogen-bond donors (Lipinski definition) is 3. The number of rotatable bonds is 12. The van der Waals surface area contributed by atoms with Crippen LogP contribution < -0.4 is 10.6 Å². The first kappa shape index (κ1) is 46.5. The fourth-order valence-electron chi connectivity index (χ4n) is 8.21. The van der Waals surface area contributed by atoms with Crippen molar-refractivity contribution < 1.29 is 32.6 Å². The molecule has 7 rings (SSSR count). The van der Waals surface area contributed by atoms with Crippen LogP contribution in [0.3, 0.4) is 0 Å². The van der Waals surface area contributed by atoms with E-state index < -0.39 is 17.3 Å². The third-order valence-electron chi connectivity index (χ3n) is 11.3. The summed E-state index contributed by atoms with van der Waals surface area (Å²) in [5, 5.41) is 20.0. The van der Waals surface area contributed by atoms with Crippen LogP contribution in [-0.2, 0) is 27.0 Å². The van der Waals surface area contributed by atoms with Gasteiger partial charge in [0, 0.05) is 93.9 Å². The van der Waals surface area contributed by atoms with Crippen LogP contribution in [0.15, 0.2) is 42.9 Å². The second kappa shape index (κ2) is 21.4. The molecule has 2 aromatic heterocycles. The standard InChI is InChI=1S/C42H54F3N9O4S.C2H6/c1-41(2,57)28-52-27-32(24-47-52)38-36(42(43,44)45)25-46-40(50-38)48-33-12-20-54(21-13-33)59-53-18-10-30(11-19-53)26-51-16-14-34(15-17-51)58-22-4-6-29-5-3-7-31(23-29)35-8-9-37(55)49-39(35)56;1-2/h3,5,7,23-25,27,30,33-35,57H,8-22,26,28H2,1-2H3,(H,46,48,50)(H,49,55,56);1-2H3. The number of anilines is 1. The van der Waals surface area contributed by atoms with Crippen molar-refractivity contribution in [2.45, 2.75) is 115 Å². The van der Waals surface area contributed by atoms with Crippen molar-refractivity contribution in [3.63, 3.8) is 0 Å². The number of likely N-dealkylation sites (tertiary alicyclic amines) is 1. The van der Waals surface area contributed by atoms with Gasteiger partial charge in [0.25, 0.3) is 0 Å². The van der Waals surface area contributed by atoms with E-state index in [9.17, 15) is 27.9 Å². The molecule has 6 heterocycles. The molecule has 4 aliphatic rings. The van der Waals surface area contributed by atoms with Gasteiger partial charge >= 0.3 is 6.18 Å². The highest BCUT2D eigenvalue weighted by Gasteiger charge is 2.36. The fourth-order valence-corrected chi connectivity index (χ4v) is 9.29. The summed E-state index contributed by atoms with van der Waals surface area (Å²) in [5.74, 6) is 6.36. The van der Waals surface area contributed by atoms with Crippen molar-refractivity contribution >= 4 is 29.9 Å². The van der Waals surface area contributed by atoms with Crippen molar-refractivity contribution in [3.8, 4) is 23.1 Å². The maximum absolute atomic E-state index is 13.9. The number of nitrogens with zero attached hydrogens (tertiary/aromatic N) is 7. The second-order valence-corrected chi connectivity index (χ2v) is 17.9. The largest absolute Gasteiger partial charge is 0.419 e. The molecular formula is C44H60F3N9O4S. The van der Waals surface area contributed by atoms with Crippen LogP contribution in [0.25, 0.3) is 11.3 Å². The fraction of sp³-hybridized carbons (Fsp3) is 0.614. The molecule has 0 saturated carbocycles. The molecule has 1 unspecified atom stereocenters. The van der Waals surface area contributed by atoms with E-state index in [0.29, 0.717) is 25.4 Å². The third kappa shape index (κ3) is 13.7. The Morgan fingerprint density at radius 1 is 0.967 bits per heavy atom. The van der Waals surface area contributed by atoms with E-state index in [0.717, 1.165) is 102 Å². The van der Waals surface area contributed by atoms with Crippen LogP contribution >= 0.6 is 12.1 Å². The zero-order valence-electron chi connectivity index (χ0n) is 35.7. The molecule has 3 N–H and O–H groups in total. The van der Waals surface area contributed by atoms with E-state index in [4.69, 9.17) is 4.74 Å². The lowest BCUT2D eigenvalue weighted by atomic mass is 9.90. The number of ether oxygens (including phenoxy) is 1. The summed E-state index contributed by atoms with van der Waals surface area (Å²) >= 11 is 1.81. The van der Waals surface area contributed by atoms with E-state index in [1.807, 2.05) is 50.2 Å². The minimum Gasteiger partial charge on any atom is -0.389 e. The molecule has 17 heteroatoms. The number of aromatic nitrogens is 4. The van der Waals surface area contributed by atoms with E-state index in [-0.39, 0.29) is 53.6 Å². The quantitative estimate of drug-likeness (QED) is 0.106. The van der Waals surface area contributed by atoms with Gasteiger partial charge in [-0.2, -0.15) is 18.3 Å². The molecule has 13 nitrogen and oxygen atoms in total. The number of benzene rings is 1. The molecule has 2 amide bonds. The molecule has 1 aromatic carbocycles. The summed E-state index contributed by atoms with van der Waals surface area (Å²) in [6, 6.07) is 7.71. The normalized spacial score (nSPS) is 20.7. The predicted octanol–water partition coefficient (Wildman–Crippen LogP) is 6.36. The van der Waals surface area contributed by atoms with E-state index in [2.05, 4.69) is 51.1 Å². The summed E-state index contributed by atoms with van der Waals surface area (Å²) in [6.07, 6.45) is 6.02. The average molecular weight is 868 g/mol. The van der Waals surface area contributed by atoms with Gasteiger partial charge in [0.05, 0.1) is 36.1 Å². The molecule has 332 valence electrons. The number of carbonyl (C=O) groups is 2. The first-order valence-corrected chi connectivity index (χ1v) is 22.4. The van der Waals surface area contributed by atoms with Gasteiger partial charge in [-0.05, 0) is 82.4 Å². The minimum absolute atomic E-state index is 0.0406. The Bertz CT molecular complexity index is 1970. The zero-order valence-corrected chi connectivity index (χ0v) is 36.5. The molecule has 0 bridgehead atoms. The Morgan fingerprint density at radius 2 is 1.67 bits per heavy atom. The monoisotopic (exact) mass is 867 g/mol. The Balaban J connectivity index is 0.00000307. The van der Waals surface area contributed by atoms with Crippen molar-refractivity contribution in [2.24, 2.45) is 5.92 Å². The lowest BCUT2D eigenvalue weighted by molar-refractivity contribution is -0.137. The van der Waals surface area contributed by atoms with Crippen LogP contribution in [0, 0.1) is 17.8 Å². The van der Waals surface area contributed by atoms with Crippen molar-refractivity contribution in [1.82, 2.24) is 38.6 Å². The van der Waals surface area contributed by atoms with Crippen molar-refractivity contribution in [1.29, 1.82) is 0 Å². The first-order valence-electron chi connectivity index (χ1n) is 21.6. The predicted molar refractivity (Wildman–Crippen MR) is 230 cm³/mol. The van der Waals surface area contributed by atoms with Crippen LogP contribution in [0.2, 0.25) is 0 Å². The van der Waals surface area contributed by atoms with Crippen molar-refractivity contribution in [3.05, 3.63) is 59.5 Å². The lowest BCUT2D eigenvalue weighted by Gasteiger charge is -2.39. The zero-order chi connectivity index (χ0) is 43.6. The highest BCUT2D eigenvalue weighted by Crippen LogP contribution is 2.37. The molecule has 4 saturated heterocycles. The molecule has 3 aromatic rings. The molecule has 0 radical (unpaired) electrons. The van der Waals surface area contributed by atoms with Crippen molar-refractivity contribution in [2.75, 3.05) is 57.7 Å². The summed E-state index contributed by atoms with van der Waals surface area (Å²) in [5.41, 5.74) is -0.309. The van der Waals surface area contributed by atoms with Gasteiger partial charge in [-0.25, -0.2) is 18.6 Å². The summed E-state index contributed by atoms with van der Waals surface area (Å²) < 4.78 is 54.1. The van der Waals surface area contributed by atoms with Gasteiger partial charge < -0.3 is 20.1 Å². The maximum Gasteiger partial charge on any atom is 0.419 e. The molecule has 4 fully saturated rings. The smallest absolute Gasteiger partial charge is 0.389 e. The third-order valence-corrected chi connectivity index (χ3v) is 12.5. The number of imide groups is 1. The lowest BCUT2D eigenvalue weighted by Crippen LogP contribution is -2.43. The molecule has 1 atom stereocenters. The number of piperidine rings is 4. The van der Waals surface area contributed by atoms with Crippen LogP contribution in [0.5, 0.6) is 0 Å². The Hall–Kier alpha value is -4.05. The number of halogens is 3. The van der Waals surface area contributed by atoms with Gasteiger partial charge in [0.1, 0.15) is 12.2 Å². The van der Waals surface area contributed by atoms with Gasteiger partial charge in [0.15, 0.2) is 0 Å². The molecular weight excluding hydrogens is 808 g/mol. The Kier molecular flexibility index (Phi) is 16.3. The van der Waals surface area contributed by atoms with Crippen LogP contribution in [0.1, 0.15) is 102 Å². The highest BCUT2D eigenvalue weighted by atomic mass is 32.2. The molecule has 0 spiro atoms. The molecule has 61 heavy (non-hydrogen) atoms. The van der Waals surface area contributed by atoms with Crippen LogP contribution in [-0.4, -0.2) is 120 Å². The highest BCUT2D eigenvalue weighted by molar-refractivity contribution is 7.94. The van der Waals surface area contributed by atoms with E-state index in [1.54, 1.807) is 13.8 Å². The van der Waals surface area contributed by atoms with E-state index in [1.165, 1.54) is 17.1 Å². The molecule has 4 aliphatic heterocycles. The number of aliphatic hydroxyl groups is 1. The summed E-state index contributed by atoms with van der Waals surface area (Å²) in [4.78, 5) is 34.7. The SMILES string of the molecule is CC.CC(C)(O)Cn1cc(-c2nc(NC3CCN(SN4CCC(CN5CCC(OCC#Cc6cccc(C7CCC(=O)NC7=O)c6)CC5)CC4)CC3)ncc2C(F)(F)F)cn1. The summed E-state index contributed by atoms with van der Waals surface area (Å²) in [7, 11) is 0. The van der Waals surface area contributed by atoms with Gasteiger partial charge in [-0.15, -0.1) is 0 Å². The minimum atomic E-state index is -4.63. The summed E-state index contributed by atoms with van der Waals surface area (Å²) in [6.45, 7) is 14.6. The number of alkyl halides is 3. The topological polar surface area (TPSA) is 141 Å². The van der Waals surface area contributed by atoms with Gasteiger partial charge in [-0.3, -0.25) is 19.6 Å². The first-order chi connectivity index (χ1) is 29.2. The number of carbonyl (C=O) groups excluding carboxylic acids is 2. The van der Waals surface area contributed by atoms with Gasteiger partial charge in [0.2, 0.25) is 17.8 Å². The number of nitrogens with one attached hydrogen (secondary N) is 2. The van der Waals surface area contributed by atoms with Gasteiger partial charge in [-0.1, -0.05) is 37.8 Å². The maximum atomic E-state index is 13.9. The Labute approximate surface area is 361 Å². The van der Waals surface area contributed by atoms with Crippen LogP contribution in [0.4, 0.5) is 19.1 Å². The number of amides is 2. The molecule has 0 aliphatic carbocycles.